The molecule has 3 aromatic rings. The van der Waals surface area contributed by atoms with Gasteiger partial charge in [0.25, 0.3) is 0 Å². The first-order valence-corrected chi connectivity index (χ1v) is 8.09. The molecule has 0 fully saturated rings. The Bertz CT molecular complexity index is 861. The molecule has 0 saturated heterocycles. The Morgan fingerprint density at radius 1 is 1.08 bits per heavy atom. The standard InChI is InChI=1S/C21H20N2O/c1-16-11-13-17(14-12-16)6-2-3-10-20(24)23-19-9-4-7-18-8-5-15-22-21(18)19/h2,4-9,11-15H,3,10H2,1H3,(H,23,24)/b6-2-. The number of amides is 1. The number of allylic oxidation sites excluding steroid dienone is 1. The fraction of sp³-hybridized carbons (Fsp3) is 0.143. The van der Waals surface area contributed by atoms with Gasteiger partial charge < -0.3 is 5.32 Å². The lowest BCUT2D eigenvalue weighted by atomic mass is 10.1. The Balaban J connectivity index is 1.56. The van der Waals surface area contributed by atoms with Crippen LogP contribution in [0.2, 0.25) is 0 Å². The molecule has 0 aliphatic carbocycles. The van der Waals surface area contributed by atoms with Crippen LogP contribution in [-0.4, -0.2) is 10.9 Å². The second-order valence-corrected chi connectivity index (χ2v) is 5.78. The van der Waals surface area contributed by atoms with Crippen LogP contribution in [0.25, 0.3) is 17.0 Å². The predicted molar refractivity (Wildman–Crippen MR) is 99.8 cm³/mol. The molecule has 24 heavy (non-hydrogen) atoms. The molecule has 1 aromatic heterocycles. The molecular formula is C21H20N2O. The molecule has 0 aliphatic rings. The van der Waals surface area contributed by atoms with Gasteiger partial charge in [0.05, 0.1) is 11.2 Å². The average molecular weight is 316 g/mol. The Labute approximate surface area is 142 Å². The van der Waals surface area contributed by atoms with E-state index in [1.165, 1.54) is 5.56 Å². The molecule has 1 heterocycles. The van der Waals surface area contributed by atoms with E-state index in [1.54, 1.807) is 6.20 Å². The Morgan fingerprint density at radius 3 is 2.71 bits per heavy atom. The van der Waals surface area contributed by atoms with E-state index < -0.39 is 0 Å². The van der Waals surface area contributed by atoms with Gasteiger partial charge in [-0.25, -0.2) is 0 Å². The van der Waals surface area contributed by atoms with Crippen LogP contribution in [0.15, 0.2) is 66.9 Å². The highest BCUT2D eigenvalue weighted by molar-refractivity contribution is 6.00. The number of hydrogen-bond donors (Lipinski definition) is 1. The molecule has 120 valence electrons. The van der Waals surface area contributed by atoms with Crippen LogP contribution in [0.4, 0.5) is 5.69 Å². The third-order valence-corrected chi connectivity index (χ3v) is 3.83. The number of rotatable bonds is 5. The van der Waals surface area contributed by atoms with Crippen molar-refractivity contribution in [2.24, 2.45) is 0 Å². The maximum absolute atomic E-state index is 12.1. The van der Waals surface area contributed by atoms with Crippen molar-refractivity contribution in [3.63, 3.8) is 0 Å². The SMILES string of the molecule is Cc1ccc(/C=C\CCC(=O)Nc2cccc3cccnc23)cc1. The van der Waals surface area contributed by atoms with Gasteiger partial charge in [0.1, 0.15) is 0 Å². The van der Waals surface area contributed by atoms with E-state index in [2.05, 4.69) is 41.5 Å². The summed E-state index contributed by atoms with van der Waals surface area (Å²) in [6.45, 7) is 2.07. The van der Waals surface area contributed by atoms with Crippen molar-refractivity contribution < 1.29 is 4.79 Å². The highest BCUT2D eigenvalue weighted by Gasteiger charge is 2.05. The minimum atomic E-state index is 0.00158. The van der Waals surface area contributed by atoms with E-state index in [-0.39, 0.29) is 5.91 Å². The van der Waals surface area contributed by atoms with Crippen molar-refractivity contribution >= 4 is 28.6 Å². The summed E-state index contributed by atoms with van der Waals surface area (Å²) in [5, 5.41) is 3.98. The summed E-state index contributed by atoms with van der Waals surface area (Å²) in [6.07, 6.45) is 6.98. The van der Waals surface area contributed by atoms with E-state index in [9.17, 15) is 4.79 Å². The molecule has 0 bridgehead atoms. The largest absolute Gasteiger partial charge is 0.324 e. The fourth-order valence-corrected chi connectivity index (χ4v) is 2.53. The molecule has 3 heteroatoms. The van der Waals surface area contributed by atoms with Gasteiger partial charge in [0.15, 0.2) is 0 Å². The molecule has 0 atom stereocenters. The number of fused-ring (bicyclic) bond motifs is 1. The van der Waals surface area contributed by atoms with Gasteiger partial charge in [-0.05, 0) is 31.0 Å². The van der Waals surface area contributed by atoms with Crippen molar-refractivity contribution in [1.82, 2.24) is 4.98 Å². The van der Waals surface area contributed by atoms with Crippen LogP contribution < -0.4 is 5.32 Å². The average Bonchev–Trinajstić information content (AvgIpc) is 2.61. The predicted octanol–water partition coefficient (Wildman–Crippen LogP) is 4.98. The first kappa shape index (κ1) is 15.9. The monoisotopic (exact) mass is 316 g/mol. The number of anilines is 1. The molecule has 0 aliphatic heterocycles. The van der Waals surface area contributed by atoms with Crippen molar-refractivity contribution in [3.8, 4) is 0 Å². The molecular weight excluding hydrogens is 296 g/mol. The molecule has 2 aromatic carbocycles. The second-order valence-electron chi connectivity index (χ2n) is 5.78. The highest BCUT2D eigenvalue weighted by Crippen LogP contribution is 2.20. The highest BCUT2D eigenvalue weighted by atomic mass is 16.1. The number of hydrogen-bond acceptors (Lipinski definition) is 2. The van der Waals surface area contributed by atoms with Gasteiger partial charge in [-0.1, -0.05) is 60.2 Å². The summed E-state index contributed by atoms with van der Waals surface area (Å²) in [4.78, 5) is 16.5. The number of aryl methyl sites for hydroxylation is 1. The minimum Gasteiger partial charge on any atom is -0.324 e. The van der Waals surface area contributed by atoms with Crippen molar-refractivity contribution in [2.75, 3.05) is 5.32 Å². The number of nitrogens with zero attached hydrogens (tertiary/aromatic N) is 1. The summed E-state index contributed by atoms with van der Waals surface area (Å²) in [7, 11) is 0. The lowest BCUT2D eigenvalue weighted by Crippen LogP contribution is -2.11. The zero-order valence-electron chi connectivity index (χ0n) is 13.7. The normalized spacial score (nSPS) is 11.0. The summed E-state index contributed by atoms with van der Waals surface area (Å²) >= 11 is 0. The van der Waals surface area contributed by atoms with E-state index in [0.717, 1.165) is 22.2 Å². The van der Waals surface area contributed by atoms with E-state index in [4.69, 9.17) is 0 Å². The minimum absolute atomic E-state index is 0.00158. The van der Waals surface area contributed by atoms with Crippen LogP contribution in [0.5, 0.6) is 0 Å². The quantitative estimate of drug-likeness (QED) is 0.721. The molecule has 1 N–H and O–H groups in total. The smallest absolute Gasteiger partial charge is 0.224 e. The molecule has 0 unspecified atom stereocenters. The summed E-state index contributed by atoms with van der Waals surface area (Å²) in [5.74, 6) is 0.00158. The van der Waals surface area contributed by atoms with Crippen LogP contribution in [-0.2, 0) is 4.79 Å². The summed E-state index contributed by atoms with van der Waals surface area (Å²) < 4.78 is 0. The van der Waals surface area contributed by atoms with Gasteiger partial charge in [0, 0.05) is 18.0 Å². The van der Waals surface area contributed by atoms with Crippen molar-refractivity contribution in [1.29, 1.82) is 0 Å². The van der Waals surface area contributed by atoms with Crippen molar-refractivity contribution in [2.45, 2.75) is 19.8 Å². The number of pyridine rings is 1. The topological polar surface area (TPSA) is 42.0 Å². The van der Waals surface area contributed by atoms with Crippen LogP contribution in [0.1, 0.15) is 24.0 Å². The van der Waals surface area contributed by atoms with E-state index in [0.29, 0.717) is 12.8 Å². The number of carbonyl (C=O) groups excluding carboxylic acids is 1. The maximum Gasteiger partial charge on any atom is 0.224 e. The fourth-order valence-electron chi connectivity index (χ4n) is 2.53. The lowest BCUT2D eigenvalue weighted by Gasteiger charge is -2.07. The summed E-state index contributed by atoms with van der Waals surface area (Å²) in [5.41, 5.74) is 3.98. The first-order chi connectivity index (χ1) is 11.7. The molecule has 0 saturated carbocycles. The Kier molecular flexibility index (Phi) is 5.02. The van der Waals surface area contributed by atoms with Gasteiger partial charge in [-0.15, -0.1) is 0 Å². The van der Waals surface area contributed by atoms with Gasteiger partial charge >= 0.3 is 0 Å². The van der Waals surface area contributed by atoms with E-state index in [1.807, 2.05) is 42.5 Å². The lowest BCUT2D eigenvalue weighted by molar-refractivity contribution is -0.116. The summed E-state index contributed by atoms with van der Waals surface area (Å²) in [6, 6.07) is 18.0. The van der Waals surface area contributed by atoms with Crippen LogP contribution >= 0.6 is 0 Å². The third kappa shape index (κ3) is 4.07. The second kappa shape index (κ2) is 7.55. The Morgan fingerprint density at radius 2 is 1.88 bits per heavy atom. The van der Waals surface area contributed by atoms with Gasteiger partial charge in [-0.3, -0.25) is 9.78 Å². The molecule has 0 radical (unpaired) electrons. The first-order valence-electron chi connectivity index (χ1n) is 8.09. The van der Waals surface area contributed by atoms with Gasteiger partial charge in [0.2, 0.25) is 5.91 Å². The van der Waals surface area contributed by atoms with Gasteiger partial charge in [-0.2, -0.15) is 0 Å². The third-order valence-electron chi connectivity index (χ3n) is 3.83. The van der Waals surface area contributed by atoms with Crippen molar-refractivity contribution in [3.05, 3.63) is 78.0 Å². The number of para-hydroxylation sites is 1. The zero-order chi connectivity index (χ0) is 16.8. The number of carbonyl (C=O) groups is 1. The maximum atomic E-state index is 12.1. The number of aromatic nitrogens is 1. The number of nitrogens with one attached hydrogen (secondary N) is 1. The zero-order valence-corrected chi connectivity index (χ0v) is 13.7. The number of benzene rings is 2. The van der Waals surface area contributed by atoms with Crippen LogP contribution in [0, 0.1) is 6.92 Å². The Hall–Kier alpha value is -2.94. The molecule has 3 rings (SSSR count). The van der Waals surface area contributed by atoms with Crippen LogP contribution in [0.3, 0.4) is 0 Å². The molecule has 0 spiro atoms. The molecule has 1 amide bonds. The van der Waals surface area contributed by atoms with E-state index >= 15 is 0 Å². The molecule has 3 nitrogen and oxygen atoms in total.